The summed E-state index contributed by atoms with van der Waals surface area (Å²) in [5, 5.41) is 10.9. The Hall–Kier alpha value is -2.45. The van der Waals surface area contributed by atoms with Gasteiger partial charge in [0, 0.05) is 6.61 Å². The quantitative estimate of drug-likeness (QED) is 0.132. The highest BCUT2D eigenvalue weighted by Gasteiger charge is 2.58. The summed E-state index contributed by atoms with van der Waals surface area (Å²) in [6.45, 7) is 4.49. The molecule has 35 heavy (non-hydrogen) atoms. The van der Waals surface area contributed by atoms with E-state index in [4.69, 9.17) is 18.9 Å². The van der Waals surface area contributed by atoms with Crippen molar-refractivity contribution >= 4 is 17.9 Å². The summed E-state index contributed by atoms with van der Waals surface area (Å²) < 4.78 is 20.1. The molecule has 1 aromatic rings. The zero-order chi connectivity index (χ0) is 25.9. The van der Waals surface area contributed by atoms with Crippen molar-refractivity contribution in [1.29, 1.82) is 0 Å². The predicted molar refractivity (Wildman–Crippen MR) is 132 cm³/mol. The normalized spacial score (nSPS) is 12.1. The molecule has 0 amide bonds. The molecule has 0 aliphatic rings. The second-order valence-electron chi connectivity index (χ2n) is 8.27. The lowest BCUT2D eigenvalue weighted by molar-refractivity contribution is -0.208. The molecule has 1 rings (SSSR count). The first kappa shape index (κ1) is 30.6. The Morgan fingerprint density at radius 1 is 0.743 bits per heavy atom. The molecule has 0 fully saturated rings. The van der Waals surface area contributed by atoms with E-state index in [1.54, 1.807) is 6.92 Å². The fraction of sp³-hybridized carbons (Fsp3) is 0.667. The summed E-state index contributed by atoms with van der Waals surface area (Å²) in [7, 11) is 0. The topological polar surface area (TPSA) is 108 Å². The van der Waals surface area contributed by atoms with Gasteiger partial charge in [0.2, 0.25) is 6.10 Å². The van der Waals surface area contributed by atoms with Gasteiger partial charge in [-0.3, -0.25) is 0 Å². The van der Waals surface area contributed by atoms with Crippen LogP contribution in [-0.4, -0.2) is 61.1 Å². The van der Waals surface area contributed by atoms with Gasteiger partial charge in [-0.15, -0.1) is 0 Å². The Morgan fingerprint density at radius 3 is 1.74 bits per heavy atom. The van der Waals surface area contributed by atoms with E-state index in [1.807, 2.05) is 6.07 Å². The number of aliphatic hydroxyl groups is 1. The van der Waals surface area contributed by atoms with Gasteiger partial charge in [-0.25, -0.2) is 14.4 Å². The molecule has 0 bridgehead atoms. The second-order valence-corrected chi connectivity index (χ2v) is 8.27. The number of rotatable bonds is 19. The maximum absolute atomic E-state index is 12.5. The number of unbranched alkanes of at least 4 members (excludes halogenated alkanes) is 7. The zero-order valence-corrected chi connectivity index (χ0v) is 21.5. The Labute approximate surface area is 209 Å². The first-order valence-corrected chi connectivity index (χ1v) is 12.8. The molecule has 198 valence electrons. The van der Waals surface area contributed by atoms with E-state index in [9.17, 15) is 19.5 Å². The fourth-order valence-electron chi connectivity index (χ4n) is 3.69. The maximum Gasteiger partial charge on any atom is 0.353 e. The van der Waals surface area contributed by atoms with E-state index in [0.29, 0.717) is 6.42 Å². The van der Waals surface area contributed by atoms with Gasteiger partial charge in [0.15, 0.2) is 0 Å². The lowest BCUT2D eigenvalue weighted by atomic mass is 9.96. The summed E-state index contributed by atoms with van der Waals surface area (Å²) in [4.78, 5) is 37.3. The van der Waals surface area contributed by atoms with Gasteiger partial charge in [0.1, 0.15) is 0 Å². The van der Waals surface area contributed by atoms with E-state index in [-0.39, 0.29) is 26.4 Å². The summed E-state index contributed by atoms with van der Waals surface area (Å²) in [5.74, 6) is -3.63. The molecule has 8 nitrogen and oxygen atoms in total. The average Bonchev–Trinajstić information content (AvgIpc) is 2.85. The van der Waals surface area contributed by atoms with Gasteiger partial charge < -0.3 is 24.1 Å². The van der Waals surface area contributed by atoms with Gasteiger partial charge in [0.05, 0.1) is 19.8 Å². The molecule has 0 heterocycles. The second kappa shape index (κ2) is 17.9. The van der Waals surface area contributed by atoms with E-state index in [0.717, 1.165) is 32.1 Å². The number of hydrogen-bond acceptors (Lipinski definition) is 8. The molecule has 0 aliphatic carbocycles. The molecule has 0 aliphatic heterocycles. The van der Waals surface area contributed by atoms with Crippen LogP contribution in [0.2, 0.25) is 0 Å². The van der Waals surface area contributed by atoms with Crippen LogP contribution in [0.4, 0.5) is 0 Å². The van der Waals surface area contributed by atoms with Crippen LogP contribution in [0.3, 0.4) is 0 Å². The van der Waals surface area contributed by atoms with Crippen molar-refractivity contribution in [2.75, 3.05) is 26.4 Å². The first-order chi connectivity index (χ1) is 16.9. The molecule has 8 heteroatoms. The molecule has 1 unspecified atom stereocenters. The van der Waals surface area contributed by atoms with Gasteiger partial charge in [-0.05, 0) is 45.6 Å². The minimum absolute atomic E-state index is 0.00816. The van der Waals surface area contributed by atoms with Crippen molar-refractivity contribution in [3.8, 4) is 0 Å². The van der Waals surface area contributed by atoms with Crippen LogP contribution in [0, 0.1) is 0 Å². The predicted octanol–water partition coefficient (Wildman–Crippen LogP) is 4.16. The van der Waals surface area contributed by atoms with E-state index in [1.165, 1.54) is 38.7 Å². The van der Waals surface area contributed by atoms with Crippen LogP contribution >= 0.6 is 0 Å². The van der Waals surface area contributed by atoms with E-state index < -0.39 is 29.6 Å². The Balaban J connectivity index is 2.43. The largest absolute Gasteiger partial charge is 0.464 e. The van der Waals surface area contributed by atoms with Gasteiger partial charge >= 0.3 is 17.9 Å². The fourth-order valence-corrected chi connectivity index (χ4v) is 3.69. The molecule has 0 saturated carbocycles. The first-order valence-electron chi connectivity index (χ1n) is 12.8. The van der Waals surface area contributed by atoms with Gasteiger partial charge in [-0.2, -0.15) is 0 Å². The molecule has 0 spiro atoms. The SMILES string of the molecule is CCOC(=O)C(OCCCCCCCCCCc1ccccc1)C(O)(C(=O)OCC)C(=O)OCC. The number of carbonyl (C=O) groups is 3. The summed E-state index contributed by atoms with van der Waals surface area (Å²) >= 11 is 0. The number of ether oxygens (including phenoxy) is 4. The van der Waals surface area contributed by atoms with Crippen LogP contribution in [0.1, 0.15) is 77.7 Å². The summed E-state index contributed by atoms with van der Waals surface area (Å²) in [6.07, 6.45) is 7.56. The number of carbonyl (C=O) groups excluding carboxylic acids is 3. The van der Waals surface area contributed by atoms with Gasteiger partial charge in [-0.1, -0.05) is 68.9 Å². The van der Waals surface area contributed by atoms with E-state index >= 15 is 0 Å². The highest BCUT2D eigenvalue weighted by molar-refractivity contribution is 6.08. The minimum Gasteiger partial charge on any atom is -0.464 e. The molecular formula is C27H42O8. The molecule has 1 atom stereocenters. The number of aryl methyl sites for hydroxylation is 1. The highest BCUT2D eigenvalue weighted by atomic mass is 16.6. The van der Waals surface area contributed by atoms with Crippen molar-refractivity contribution in [3.05, 3.63) is 35.9 Å². The highest BCUT2D eigenvalue weighted by Crippen LogP contribution is 2.22. The Bertz CT molecular complexity index is 716. The van der Waals surface area contributed by atoms with Crippen LogP contribution < -0.4 is 0 Å². The minimum atomic E-state index is -2.93. The van der Waals surface area contributed by atoms with E-state index in [2.05, 4.69) is 24.3 Å². The molecule has 0 radical (unpaired) electrons. The Kier molecular flexibility index (Phi) is 15.6. The third kappa shape index (κ3) is 10.8. The third-order valence-corrected chi connectivity index (χ3v) is 5.54. The summed E-state index contributed by atoms with van der Waals surface area (Å²) in [6, 6.07) is 10.5. The van der Waals surface area contributed by atoms with Crippen molar-refractivity contribution in [3.63, 3.8) is 0 Å². The lowest BCUT2D eigenvalue weighted by Crippen LogP contribution is -2.61. The van der Waals surface area contributed by atoms with Crippen LogP contribution in [0.25, 0.3) is 0 Å². The smallest absolute Gasteiger partial charge is 0.353 e. The third-order valence-electron chi connectivity index (χ3n) is 5.54. The monoisotopic (exact) mass is 494 g/mol. The molecule has 0 saturated heterocycles. The molecular weight excluding hydrogens is 452 g/mol. The van der Waals surface area contributed by atoms with Crippen molar-refractivity contribution < 1.29 is 38.4 Å². The molecule has 1 N–H and O–H groups in total. The number of hydrogen-bond donors (Lipinski definition) is 1. The molecule has 1 aromatic carbocycles. The van der Waals surface area contributed by atoms with Gasteiger partial charge in [0.25, 0.3) is 5.60 Å². The van der Waals surface area contributed by atoms with Crippen LogP contribution in [-0.2, 0) is 39.8 Å². The van der Waals surface area contributed by atoms with Crippen molar-refractivity contribution in [2.24, 2.45) is 0 Å². The van der Waals surface area contributed by atoms with Crippen molar-refractivity contribution in [1.82, 2.24) is 0 Å². The standard InChI is InChI=1S/C27H42O8/c1-4-32-24(28)23(27(31,25(29)33-5-2)26(30)34-6-3)35-21-17-12-10-8-7-9-11-14-18-22-19-15-13-16-20-22/h13,15-16,19-20,23,31H,4-12,14,17-18,21H2,1-3H3. The van der Waals surface area contributed by atoms with Crippen LogP contribution in [0.15, 0.2) is 30.3 Å². The average molecular weight is 495 g/mol. The zero-order valence-electron chi connectivity index (χ0n) is 21.5. The Morgan fingerprint density at radius 2 is 1.23 bits per heavy atom. The molecule has 0 aromatic heterocycles. The summed E-state index contributed by atoms with van der Waals surface area (Å²) in [5.41, 5.74) is -1.55. The lowest BCUT2D eigenvalue weighted by Gasteiger charge is -2.30. The maximum atomic E-state index is 12.5. The van der Waals surface area contributed by atoms with Crippen LogP contribution in [0.5, 0.6) is 0 Å². The number of esters is 3. The van der Waals surface area contributed by atoms with Crippen molar-refractivity contribution in [2.45, 2.75) is 90.3 Å². The number of benzene rings is 1.